The van der Waals surface area contributed by atoms with Gasteiger partial charge in [0.25, 0.3) is 0 Å². The maximum Gasteiger partial charge on any atom is 0.242 e. The number of carbonyl (C=O) groups excluding carboxylic acids is 1. The van der Waals surface area contributed by atoms with Crippen LogP contribution < -0.4 is 5.73 Å². The van der Waals surface area contributed by atoms with Gasteiger partial charge in [0.05, 0.1) is 12.6 Å². The first kappa shape index (κ1) is 19.6. The van der Waals surface area contributed by atoms with Crippen molar-refractivity contribution in [2.24, 2.45) is 5.73 Å². The van der Waals surface area contributed by atoms with E-state index >= 15 is 0 Å². The van der Waals surface area contributed by atoms with Crippen LogP contribution in [0, 0.1) is 0 Å². The van der Waals surface area contributed by atoms with E-state index in [4.69, 9.17) is 10.5 Å². The molecular weight excluding hydrogens is 321 g/mol. The number of ether oxygens (including phenoxy) is 1. The second-order valence-electron chi connectivity index (χ2n) is 4.48. The van der Waals surface area contributed by atoms with Gasteiger partial charge < -0.3 is 15.4 Å². The van der Waals surface area contributed by atoms with Crippen LogP contribution in [0.25, 0.3) is 0 Å². The molecule has 1 amide bonds. The van der Waals surface area contributed by atoms with Crippen LogP contribution in [0.2, 0.25) is 0 Å². The van der Waals surface area contributed by atoms with Gasteiger partial charge in [-0.25, -0.2) is 4.98 Å². The SMILES string of the molecule is COCC(N)C(=O)N1CCCCC1c1nccs1.Cl.Cl. The normalized spacial score (nSPS) is 19.7. The molecule has 20 heavy (non-hydrogen) atoms. The van der Waals surface area contributed by atoms with Crippen LogP contribution in [0.1, 0.15) is 30.3 Å². The monoisotopic (exact) mass is 341 g/mol. The molecule has 0 spiro atoms. The number of piperidine rings is 1. The molecule has 0 radical (unpaired) electrons. The van der Waals surface area contributed by atoms with Gasteiger partial charge in [-0.3, -0.25) is 4.79 Å². The predicted octanol–water partition coefficient (Wildman–Crippen LogP) is 2.01. The van der Waals surface area contributed by atoms with Crippen LogP contribution in [0.15, 0.2) is 11.6 Å². The molecule has 1 aliphatic rings. The van der Waals surface area contributed by atoms with Gasteiger partial charge in [-0.05, 0) is 19.3 Å². The highest BCUT2D eigenvalue weighted by Gasteiger charge is 2.32. The summed E-state index contributed by atoms with van der Waals surface area (Å²) in [4.78, 5) is 18.5. The summed E-state index contributed by atoms with van der Waals surface area (Å²) in [5.41, 5.74) is 5.84. The smallest absolute Gasteiger partial charge is 0.242 e. The molecule has 0 aliphatic carbocycles. The highest BCUT2D eigenvalue weighted by Crippen LogP contribution is 2.32. The number of methoxy groups -OCH3 is 1. The average Bonchev–Trinajstić information content (AvgIpc) is 2.92. The Morgan fingerprint density at radius 1 is 1.60 bits per heavy atom. The van der Waals surface area contributed by atoms with Crippen LogP contribution in [0.3, 0.4) is 0 Å². The van der Waals surface area contributed by atoms with Crippen molar-refractivity contribution in [2.45, 2.75) is 31.3 Å². The highest BCUT2D eigenvalue weighted by molar-refractivity contribution is 7.09. The zero-order chi connectivity index (χ0) is 13.0. The number of hydrogen-bond acceptors (Lipinski definition) is 5. The fraction of sp³-hybridized carbons (Fsp3) is 0.667. The van der Waals surface area contributed by atoms with E-state index in [1.54, 1.807) is 24.6 Å². The van der Waals surface area contributed by atoms with E-state index < -0.39 is 6.04 Å². The first-order chi connectivity index (χ1) is 8.74. The van der Waals surface area contributed by atoms with Gasteiger partial charge in [-0.2, -0.15) is 0 Å². The molecule has 0 saturated carbocycles. The van der Waals surface area contributed by atoms with E-state index in [1.807, 2.05) is 10.3 Å². The molecule has 1 saturated heterocycles. The van der Waals surface area contributed by atoms with Crippen LogP contribution in [-0.2, 0) is 9.53 Å². The average molecular weight is 342 g/mol. The Balaban J connectivity index is 0.00000180. The van der Waals surface area contributed by atoms with Crippen molar-refractivity contribution in [3.05, 3.63) is 16.6 Å². The third-order valence-corrected chi connectivity index (χ3v) is 4.06. The number of nitrogens with two attached hydrogens (primary N) is 1. The molecule has 2 atom stereocenters. The zero-order valence-electron chi connectivity index (χ0n) is 11.4. The molecule has 2 unspecified atom stereocenters. The van der Waals surface area contributed by atoms with Crippen LogP contribution >= 0.6 is 36.2 Å². The fourth-order valence-electron chi connectivity index (χ4n) is 2.31. The number of amides is 1. The Labute approximate surface area is 135 Å². The topological polar surface area (TPSA) is 68.5 Å². The first-order valence-electron chi connectivity index (χ1n) is 6.18. The van der Waals surface area contributed by atoms with Crippen molar-refractivity contribution < 1.29 is 9.53 Å². The number of halogens is 2. The van der Waals surface area contributed by atoms with Gasteiger partial charge in [0.2, 0.25) is 5.91 Å². The zero-order valence-corrected chi connectivity index (χ0v) is 13.8. The molecule has 2 N–H and O–H groups in total. The summed E-state index contributed by atoms with van der Waals surface area (Å²) >= 11 is 1.60. The quantitative estimate of drug-likeness (QED) is 0.909. The van der Waals surface area contributed by atoms with Gasteiger partial charge in [0.1, 0.15) is 11.0 Å². The van der Waals surface area contributed by atoms with Crippen molar-refractivity contribution >= 4 is 42.1 Å². The van der Waals surface area contributed by atoms with Gasteiger partial charge >= 0.3 is 0 Å². The third-order valence-electron chi connectivity index (χ3n) is 3.19. The van der Waals surface area contributed by atoms with Gasteiger partial charge in [-0.1, -0.05) is 0 Å². The number of carbonyl (C=O) groups is 1. The van der Waals surface area contributed by atoms with Crippen LogP contribution in [-0.4, -0.2) is 42.1 Å². The second kappa shape index (κ2) is 9.52. The number of aromatic nitrogens is 1. The summed E-state index contributed by atoms with van der Waals surface area (Å²) in [5, 5.41) is 2.95. The minimum absolute atomic E-state index is 0. The maximum absolute atomic E-state index is 12.3. The van der Waals surface area contributed by atoms with E-state index in [9.17, 15) is 4.79 Å². The molecule has 0 aromatic carbocycles. The van der Waals surface area contributed by atoms with Crippen molar-refractivity contribution in [1.82, 2.24) is 9.88 Å². The highest BCUT2D eigenvalue weighted by atomic mass is 35.5. The van der Waals surface area contributed by atoms with Crippen molar-refractivity contribution in [2.75, 3.05) is 20.3 Å². The first-order valence-corrected chi connectivity index (χ1v) is 7.06. The minimum Gasteiger partial charge on any atom is -0.383 e. The van der Waals surface area contributed by atoms with Gasteiger partial charge in [0, 0.05) is 25.2 Å². The third kappa shape index (κ3) is 4.56. The number of thiazole rings is 1. The largest absolute Gasteiger partial charge is 0.383 e. The number of likely N-dealkylation sites (tertiary alicyclic amines) is 1. The standard InChI is InChI=1S/C12H19N3O2S.2ClH/c1-17-8-9(13)12(16)15-6-3-2-4-10(15)11-14-5-7-18-11;;/h5,7,9-10H,2-4,6,8,13H2,1H3;2*1H. The summed E-state index contributed by atoms with van der Waals surface area (Å²) in [7, 11) is 1.56. The Hall–Kier alpha value is -0.400. The Morgan fingerprint density at radius 2 is 2.35 bits per heavy atom. The number of hydrogen-bond donors (Lipinski definition) is 1. The molecule has 1 aromatic heterocycles. The van der Waals surface area contributed by atoms with E-state index in [0.29, 0.717) is 0 Å². The van der Waals surface area contributed by atoms with Crippen molar-refractivity contribution in [1.29, 1.82) is 0 Å². The van der Waals surface area contributed by atoms with E-state index in [0.717, 1.165) is 30.8 Å². The molecular formula is C12H21Cl2N3O2S. The van der Waals surface area contributed by atoms with Gasteiger partial charge in [0.15, 0.2) is 0 Å². The fourth-order valence-corrected chi connectivity index (χ4v) is 3.10. The summed E-state index contributed by atoms with van der Waals surface area (Å²) in [6, 6.07) is -0.482. The molecule has 1 aromatic rings. The molecule has 116 valence electrons. The van der Waals surface area contributed by atoms with Gasteiger partial charge in [-0.15, -0.1) is 36.2 Å². The lowest BCUT2D eigenvalue weighted by Crippen LogP contribution is -2.49. The van der Waals surface area contributed by atoms with Crippen LogP contribution in [0.4, 0.5) is 0 Å². The summed E-state index contributed by atoms with van der Waals surface area (Å²) in [6.45, 7) is 1.03. The summed E-state index contributed by atoms with van der Waals surface area (Å²) < 4.78 is 4.96. The molecule has 1 aliphatic heterocycles. The molecule has 5 nitrogen and oxygen atoms in total. The Kier molecular flexibility index (Phi) is 9.33. The van der Waals surface area contributed by atoms with Crippen LogP contribution in [0.5, 0.6) is 0 Å². The Bertz CT molecular complexity index is 392. The maximum atomic E-state index is 12.3. The molecule has 2 heterocycles. The Morgan fingerprint density at radius 3 is 2.95 bits per heavy atom. The lowest BCUT2D eigenvalue weighted by atomic mass is 10.0. The number of nitrogens with zero attached hydrogens (tertiary/aromatic N) is 2. The molecule has 1 fully saturated rings. The molecule has 0 bridgehead atoms. The summed E-state index contributed by atoms with van der Waals surface area (Å²) in [5.74, 6) is -0.0308. The van der Waals surface area contributed by atoms with Crippen molar-refractivity contribution in [3.8, 4) is 0 Å². The summed E-state index contributed by atoms with van der Waals surface area (Å²) in [6.07, 6.45) is 4.92. The van der Waals surface area contributed by atoms with E-state index in [1.165, 1.54) is 0 Å². The molecule has 2 rings (SSSR count). The van der Waals surface area contributed by atoms with E-state index in [2.05, 4.69) is 4.98 Å². The lowest BCUT2D eigenvalue weighted by Gasteiger charge is -2.36. The van der Waals surface area contributed by atoms with Crippen molar-refractivity contribution in [3.63, 3.8) is 0 Å². The van der Waals surface area contributed by atoms with E-state index in [-0.39, 0.29) is 43.4 Å². The molecule has 8 heteroatoms. The second-order valence-corrected chi connectivity index (χ2v) is 5.40. The minimum atomic E-state index is -0.574. The predicted molar refractivity (Wildman–Crippen MR) is 84.8 cm³/mol. The lowest BCUT2D eigenvalue weighted by molar-refractivity contribution is -0.137. The number of rotatable bonds is 4.